The van der Waals surface area contributed by atoms with Crippen molar-refractivity contribution in [2.24, 2.45) is 5.92 Å². The Hall–Kier alpha value is -1.85. The zero-order valence-electron chi connectivity index (χ0n) is 8.14. The lowest BCUT2D eigenvalue weighted by Crippen LogP contribution is -2.42. The standard InChI is InChI=1S/C9H14N2O4/c12-4-5-15-6-8(13)10-11-9(14)7-2-1-3-7/h4-7,10,12-13H,1-3H2,(H,11,14)/b5-4-,8-6-. The molecule has 0 unspecified atom stereocenters. The minimum Gasteiger partial charge on any atom is -0.512 e. The van der Waals surface area contributed by atoms with Crippen LogP contribution in [0.2, 0.25) is 0 Å². The van der Waals surface area contributed by atoms with Gasteiger partial charge in [-0.2, -0.15) is 0 Å². The second-order valence-electron chi connectivity index (χ2n) is 3.17. The van der Waals surface area contributed by atoms with E-state index in [-0.39, 0.29) is 17.7 Å². The highest BCUT2D eigenvalue weighted by Crippen LogP contribution is 2.25. The zero-order valence-corrected chi connectivity index (χ0v) is 8.14. The number of amides is 1. The van der Waals surface area contributed by atoms with Crippen LogP contribution in [0.15, 0.2) is 24.7 Å². The maximum Gasteiger partial charge on any atom is 0.241 e. The molecule has 0 aromatic carbocycles. The second kappa shape index (κ2) is 5.79. The van der Waals surface area contributed by atoms with Gasteiger partial charge in [0, 0.05) is 5.92 Å². The summed E-state index contributed by atoms with van der Waals surface area (Å²) in [5.74, 6) is -0.441. The predicted molar refractivity (Wildman–Crippen MR) is 52.2 cm³/mol. The van der Waals surface area contributed by atoms with E-state index in [9.17, 15) is 4.79 Å². The number of hydrogen-bond donors (Lipinski definition) is 4. The van der Waals surface area contributed by atoms with Gasteiger partial charge in [0.25, 0.3) is 0 Å². The fraction of sp³-hybridized carbons (Fsp3) is 0.444. The molecule has 1 aliphatic carbocycles. The van der Waals surface area contributed by atoms with Crippen LogP contribution in [-0.2, 0) is 9.53 Å². The number of hydrazine groups is 1. The van der Waals surface area contributed by atoms with E-state index >= 15 is 0 Å². The number of rotatable bonds is 5. The van der Waals surface area contributed by atoms with Crippen LogP contribution in [-0.4, -0.2) is 16.1 Å². The van der Waals surface area contributed by atoms with E-state index in [1.54, 1.807) is 0 Å². The third-order valence-electron chi connectivity index (χ3n) is 2.11. The van der Waals surface area contributed by atoms with E-state index in [4.69, 9.17) is 10.2 Å². The van der Waals surface area contributed by atoms with Gasteiger partial charge in [-0.25, -0.2) is 0 Å². The number of carbonyl (C=O) groups is 1. The van der Waals surface area contributed by atoms with Crippen LogP contribution in [0.4, 0.5) is 0 Å². The third-order valence-corrected chi connectivity index (χ3v) is 2.11. The fourth-order valence-corrected chi connectivity index (χ4v) is 1.07. The van der Waals surface area contributed by atoms with Crippen LogP contribution < -0.4 is 10.9 Å². The van der Waals surface area contributed by atoms with Crippen molar-refractivity contribution in [3.8, 4) is 0 Å². The summed E-state index contributed by atoms with van der Waals surface area (Å²) < 4.78 is 4.52. The van der Waals surface area contributed by atoms with Crippen molar-refractivity contribution < 1.29 is 19.7 Å². The van der Waals surface area contributed by atoms with Crippen LogP contribution in [0.1, 0.15) is 19.3 Å². The Morgan fingerprint density at radius 2 is 2.13 bits per heavy atom. The molecule has 1 amide bonds. The zero-order chi connectivity index (χ0) is 11.1. The molecule has 0 heterocycles. The highest BCUT2D eigenvalue weighted by molar-refractivity contribution is 5.78. The number of aliphatic hydroxyl groups excluding tert-OH is 2. The lowest BCUT2D eigenvalue weighted by Gasteiger charge is -2.23. The summed E-state index contributed by atoms with van der Waals surface area (Å²) in [6.07, 6.45) is 5.43. The number of aliphatic hydroxyl groups is 2. The molecule has 1 aliphatic rings. The van der Waals surface area contributed by atoms with Gasteiger partial charge in [0.15, 0.2) is 6.26 Å². The van der Waals surface area contributed by atoms with Crippen molar-refractivity contribution in [2.75, 3.05) is 0 Å². The summed E-state index contributed by atoms with van der Waals surface area (Å²) >= 11 is 0. The summed E-state index contributed by atoms with van der Waals surface area (Å²) in [5, 5.41) is 17.3. The Balaban J connectivity index is 2.17. The van der Waals surface area contributed by atoms with Gasteiger partial charge in [0.2, 0.25) is 11.8 Å². The van der Waals surface area contributed by atoms with Crippen molar-refractivity contribution in [1.82, 2.24) is 10.9 Å². The molecule has 6 nitrogen and oxygen atoms in total. The molecule has 0 bridgehead atoms. The lowest BCUT2D eigenvalue weighted by atomic mass is 9.85. The minimum atomic E-state index is -0.347. The van der Waals surface area contributed by atoms with Crippen molar-refractivity contribution in [1.29, 1.82) is 0 Å². The molecule has 6 heteroatoms. The monoisotopic (exact) mass is 214 g/mol. The van der Waals surface area contributed by atoms with Gasteiger partial charge in [0.05, 0.1) is 0 Å². The van der Waals surface area contributed by atoms with Gasteiger partial charge in [-0.1, -0.05) is 6.42 Å². The highest BCUT2D eigenvalue weighted by Gasteiger charge is 2.24. The van der Waals surface area contributed by atoms with E-state index in [0.29, 0.717) is 6.26 Å². The fourth-order valence-electron chi connectivity index (χ4n) is 1.07. The molecule has 0 atom stereocenters. The molecule has 1 rings (SSSR count). The molecular formula is C9H14N2O4. The molecular weight excluding hydrogens is 200 g/mol. The Morgan fingerprint density at radius 3 is 2.67 bits per heavy atom. The average molecular weight is 214 g/mol. The van der Waals surface area contributed by atoms with Gasteiger partial charge in [-0.15, -0.1) is 0 Å². The van der Waals surface area contributed by atoms with Crippen LogP contribution >= 0.6 is 0 Å². The van der Waals surface area contributed by atoms with Crippen LogP contribution in [0, 0.1) is 5.92 Å². The Labute approximate surface area is 87.2 Å². The van der Waals surface area contributed by atoms with Crippen molar-refractivity contribution in [3.63, 3.8) is 0 Å². The molecule has 0 aliphatic heterocycles. The van der Waals surface area contributed by atoms with E-state index < -0.39 is 0 Å². The van der Waals surface area contributed by atoms with Gasteiger partial charge in [-0.3, -0.25) is 15.6 Å². The summed E-state index contributed by atoms with van der Waals surface area (Å²) in [4.78, 5) is 11.3. The number of nitrogens with one attached hydrogen (secondary N) is 2. The maximum atomic E-state index is 11.3. The van der Waals surface area contributed by atoms with Gasteiger partial charge < -0.3 is 14.9 Å². The summed E-state index contributed by atoms with van der Waals surface area (Å²) in [6, 6.07) is 0. The minimum absolute atomic E-state index is 0.0450. The Morgan fingerprint density at radius 1 is 1.40 bits per heavy atom. The predicted octanol–water partition coefficient (Wildman–Crippen LogP) is 0.810. The molecule has 4 N–H and O–H groups in total. The number of ether oxygens (including phenoxy) is 1. The molecule has 84 valence electrons. The van der Waals surface area contributed by atoms with Gasteiger partial charge in [0.1, 0.15) is 12.5 Å². The van der Waals surface area contributed by atoms with E-state index in [1.165, 1.54) is 0 Å². The van der Waals surface area contributed by atoms with Crippen molar-refractivity contribution in [2.45, 2.75) is 19.3 Å². The molecule has 0 aromatic heterocycles. The van der Waals surface area contributed by atoms with E-state index in [0.717, 1.165) is 31.8 Å². The SMILES string of the molecule is O=C(NN/C(O)=C/O/C=C\O)C1CCC1. The molecule has 1 fully saturated rings. The van der Waals surface area contributed by atoms with Gasteiger partial charge in [-0.05, 0) is 12.8 Å². The topological polar surface area (TPSA) is 90.8 Å². The summed E-state index contributed by atoms with van der Waals surface area (Å²) in [5.41, 5.74) is 4.60. The average Bonchev–Trinajstić information content (AvgIpc) is 2.12. The van der Waals surface area contributed by atoms with Crippen LogP contribution in [0.3, 0.4) is 0 Å². The molecule has 0 aromatic rings. The van der Waals surface area contributed by atoms with E-state index in [1.807, 2.05) is 0 Å². The summed E-state index contributed by atoms with van der Waals surface area (Å²) in [6.45, 7) is 0. The Bertz CT molecular complexity index is 271. The third kappa shape index (κ3) is 3.80. The maximum absolute atomic E-state index is 11.3. The smallest absolute Gasteiger partial charge is 0.241 e. The van der Waals surface area contributed by atoms with Gasteiger partial charge >= 0.3 is 0 Å². The molecule has 0 saturated heterocycles. The largest absolute Gasteiger partial charge is 0.512 e. The number of carbonyl (C=O) groups excluding carboxylic acids is 1. The quantitative estimate of drug-likeness (QED) is 0.401. The first kappa shape index (κ1) is 11.2. The van der Waals surface area contributed by atoms with Crippen molar-refractivity contribution in [3.05, 3.63) is 24.7 Å². The summed E-state index contributed by atoms with van der Waals surface area (Å²) in [7, 11) is 0. The number of hydrogen-bond acceptors (Lipinski definition) is 5. The molecule has 0 spiro atoms. The second-order valence-corrected chi connectivity index (χ2v) is 3.17. The molecule has 0 radical (unpaired) electrons. The van der Waals surface area contributed by atoms with E-state index in [2.05, 4.69) is 15.6 Å². The first-order chi connectivity index (χ1) is 7.24. The molecule has 1 saturated carbocycles. The van der Waals surface area contributed by atoms with Crippen LogP contribution in [0.25, 0.3) is 0 Å². The normalized spacial score (nSPS) is 17.2. The van der Waals surface area contributed by atoms with Crippen LogP contribution in [0.5, 0.6) is 0 Å². The highest BCUT2D eigenvalue weighted by atomic mass is 16.5. The first-order valence-electron chi connectivity index (χ1n) is 4.63. The van der Waals surface area contributed by atoms with Crippen molar-refractivity contribution >= 4 is 5.91 Å². The molecule has 15 heavy (non-hydrogen) atoms. The Kier molecular flexibility index (Phi) is 4.33. The first-order valence-corrected chi connectivity index (χ1v) is 4.63. The lowest BCUT2D eigenvalue weighted by molar-refractivity contribution is -0.128.